The lowest BCUT2D eigenvalue weighted by atomic mass is 9.94. The smallest absolute Gasteiger partial charge is 0.267 e. The fourth-order valence-electron chi connectivity index (χ4n) is 2.52. The first-order valence-corrected chi connectivity index (χ1v) is 9.22. The van der Waals surface area contributed by atoms with E-state index in [1.165, 1.54) is 4.31 Å². The Morgan fingerprint density at radius 2 is 2.00 bits per heavy atom. The van der Waals surface area contributed by atoms with Gasteiger partial charge in [-0.1, -0.05) is 42.8 Å². The Morgan fingerprint density at radius 3 is 2.62 bits per heavy atom. The van der Waals surface area contributed by atoms with E-state index in [4.69, 9.17) is 0 Å². The molecule has 0 bridgehead atoms. The van der Waals surface area contributed by atoms with E-state index in [0.717, 1.165) is 24.0 Å². The lowest BCUT2D eigenvalue weighted by Gasteiger charge is -2.27. The lowest BCUT2D eigenvalue weighted by Crippen LogP contribution is -2.36. The summed E-state index contributed by atoms with van der Waals surface area (Å²) in [4.78, 5) is 12.6. The SMILES string of the molecule is CCC1CCS(=O)N(Cc2ccccc2)C(=O)C(Br)=C1C. The zero-order chi connectivity index (χ0) is 15.4. The molecule has 0 saturated carbocycles. The molecule has 0 N–H and O–H groups in total. The first kappa shape index (κ1) is 16.4. The van der Waals surface area contributed by atoms with Gasteiger partial charge in [-0.15, -0.1) is 0 Å². The molecule has 114 valence electrons. The zero-order valence-electron chi connectivity index (χ0n) is 12.3. The van der Waals surface area contributed by atoms with Crippen molar-refractivity contribution >= 4 is 32.8 Å². The van der Waals surface area contributed by atoms with E-state index in [2.05, 4.69) is 22.9 Å². The van der Waals surface area contributed by atoms with Crippen molar-refractivity contribution in [1.29, 1.82) is 0 Å². The highest BCUT2D eigenvalue weighted by Crippen LogP contribution is 2.30. The third-order valence-corrected chi connectivity index (χ3v) is 6.26. The van der Waals surface area contributed by atoms with E-state index < -0.39 is 11.0 Å². The molecule has 1 aliphatic heterocycles. The molecule has 1 aliphatic rings. The van der Waals surface area contributed by atoms with Crippen LogP contribution >= 0.6 is 15.9 Å². The van der Waals surface area contributed by atoms with Crippen molar-refractivity contribution in [3.63, 3.8) is 0 Å². The highest BCUT2D eigenvalue weighted by Gasteiger charge is 2.29. The van der Waals surface area contributed by atoms with Crippen LogP contribution in [0.5, 0.6) is 0 Å². The monoisotopic (exact) mass is 369 g/mol. The Balaban J connectivity index is 2.30. The minimum atomic E-state index is -1.28. The molecule has 5 heteroatoms. The molecular weight excluding hydrogens is 350 g/mol. The van der Waals surface area contributed by atoms with Gasteiger partial charge in [0.25, 0.3) is 5.91 Å². The van der Waals surface area contributed by atoms with E-state index in [9.17, 15) is 9.00 Å². The Bertz CT molecular complexity index is 571. The summed E-state index contributed by atoms with van der Waals surface area (Å²) in [6, 6.07) is 9.68. The summed E-state index contributed by atoms with van der Waals surface area (Å²) in [5.41, 5.74) is 2.06. The minimum absolute atomic E-state index is 0.173. The van der Waals surface area contributed by atoms with Gasteiger partial charge in [0, 0.05) is 5.75 Å². The second-order valence-corrected chi connectivity index (χ2v) is 7.53. The molecule has 21 heavy (non-hydrogen) atoms. The maximum absolute atomic E-state index is 12.6. The van der Waals surface area contributed by atoms with Gasteiger partial charge in [0.2, 0.25) is 0 Å². The van der Waals surface area contributed by atoms with Crippen LogP contribution in [0.3, 0.4) is 0 Å². The third kappa shape index (κ3) is 3.83. The van der Waals surface area contributed by atoms with Gasteiger partial charge < -0.3 is 0 Å². The van der Waals surface area contributed by atoms with E-state index >= 15 is 0 Å². The van der Waals surface area contributed by atoms with Crippen LogP contribution in [0.25, 0.3) is 0 Å². The molecule has 0 fully saturated rings. The Morgan fingerprint density at radius 1 is 1.33 bits per heavy atom. The number of nitrogens with zero attached hydrogens (tertiary/aromatic N) is 1. The molecule has 1 aromatic carbocycles. The molecule has 0 aromatic heterocycles. The fourth-order valence-corrected chi connectivity index (χ4v) is 4.45. The molecule has 1 aromatic rings. The standard InChI is InChI=1S/C16H20BrNO2S/c1-3-14-9-10-21(20)18(16(19)15(17)12(14)2)11-13-7-5-4-6-8-13/h4-8,14H,3,9-11H2,1-2H3. The van der Waals surface area contributed by atoms with Crippen LogP contribution in [-0.4, -0.2) is 20.2 Å². The number of hydrogen-bond donors (Lipinski definition) is 0. The van der Waals surface area contributed by atoms with Gasteiger partial charge in [0.1, 0.15) is 11.0 Å². The zero-order valence-corrected chi connectivity index (χ0v) is 14.7. The number of benzene rings is 1. The van der Waals surface area contributed by atoms with E-state index in [1.54, 1.807) is 0 Å². The van der Waals surface area contributed by atoms with Crippen molar-refractivity contribution in [2.24, 2.45) is 5.92 Å². The predicted octanol–water partition coefficient (Wildman–Crippen LogP) is 3.78. The number of allylic oxidation sites excluding steroid dienone is 1. The Labute approximate surface area is 137 Å². The first-order valence-electron chi connectivity index (χ1n) is 7.15. The number of amides is 1. The van der Waals surface area contributed by atoms with Crippen LogP contribution in [0.4, 0.5) is 0 Å². The second-order valence-electron chi connectivity index (χ2n) is 5.24. The molecule has 0 aliphatic carbocycles. The first-order chi connectivity index (χ1) is 10.0. The average molecular weight is 370 g/mol. The van der Waals surface area contributed by atoms with Crippen LogP contribution in [0.15, 0.2) is 40.4 Å². The van der Waals surface area contributed by atoms with Gasteiger partial charge in [0.05, 0.1) is 11.0 Å². The van der Waals surface area contributed by atoms with E-state index in [-0.39, 0.29) is 5.91 Å². The van der Waals surface area contributed by atoms with Crippen LogP contribution in [0, 0.1) is 5.92 Å². The summed E-state index contributed by atoms with van der Waals surface area (Å²) in [6.07, 6.45) is 1.81. The number of halogens is 1. The Hall–Kier alpha value is -0.940. The van der Waals surface area contributed by atoms with Crippen molar-refractivity contribution < 1.29 is 9.00 Å². The van der Waals surface area contributed by atoms with Crippen molar-refractivity contribution in [2.45, 2.75) is 33.2 Å². The summed E-state index contributed by atoms with van der Waals surface area (Å²) in [6.45, 7) is 4.47. The molecular formula is C16H20BrNO2S. The van der Waals surface area contributed by atoms with Crippen molar-refractivity contribution in [2.75, 3.05) is 5.75 Å². The maximum Gasteiger partial charge on any atom is 0.272 e. The van der Waals surface area contributed by atoms with Gasteiger partial charge in [-0.3, -0.25) is 9.10 Å². The van der Waals surface area contributed by atoms with Crippen LogP contribution in [-0.2, 0) is 22.3 Å². The molecule has 2 rings (SSSR count). The summed E-state index contributed by atoms with van der Waals surface area (Å²) in [5.74, 6) is 0.688. The molecule has 0 spiro atoms. The van der Waals surface area contributed by atoms with Gasteiger partial charge in [-0.2, -0.15) is 0 Å². The third-order valence-electron chi connectivity index (χ3n) is 3.92. The number of hydrogen-bond acceptors (Lipinski definition) is 2. The van der Waals surface area contributed by atoms with E-state index in [0.29, 0.717) is 22.7 Å². The Kier molecular flexibility index (Phi) is 5.76. The molecule has 2 atom stereocenters. The van der Waals surface area contributed by atoms with Gasteiger partial charge in [-0.05, 0) is 47.2 Å². The predicted molar refractivity (Wildman–Crippen MR) is 90.0 cm³/mol. The normalized spacial score (nSPS) is 24.0. The van der Waals surface area contributed by atoms with Crippen molar-refractivity contribution in [3.8, 4) is 0 Å². The van der Waals surface area contributed by atoms with Gasteiger partial charge in [-0.25, -0.2) is 4.21 Å². The lowest BCUT2D eigenvalue weighted by molar-refractivity contribution is -0.122. The van der Waals surface area contributed by atoms with Crippen LogP contribution in [0.1, 0.15) is 32.3 Å². The van der Waals surface area contributed by atoms with E-state index in [1.807, 2.05) is 37.3 Å². The maximum atomic E-state index is 12.6. The van der Waals surface area contributed by atoms with Crippen molar-refractivity contribution in [1.82, 2.24) is 4.31 Å². The van der Waals surface area contributed by atoms with Crippen LogP contribution in [0.2, 0.25) is 0 Å². The molecule has 1 amide bonds. The number of carbonyl (C=O) groups is 1. The summed E-state index contributed by atoms with van der Waals surface area (Å²) in [7, 11) is -1.28. The van der Waals surface area contributed by atoms with Gasteiger partial charge in [0.15, 0.2) is 0 Å². The molecule has 0 radical (unpaired) electrons. The largest absolute Gasteiger partial charge is 0.272 e. The second kappa shape index (κ2) is 7.36. The highest BCUT2D eigenvalue weighted by atomic mass is 79.9. The average Bonchev–Trinajstić information content (AvgIpc) is 2.51. The summed E-state index contributed by atoms with van der Waals surface area (Å²) < 4.78 is 14.5. The molecule has 0 saturated heterocycles. The summed E-state index contributed by atoms with van der Waals surface area (Å²) >= 11 is 3.42. The molecule has 3 nitrogen and oxygen atoms in total. The molecule has 2 unspecified atom stereocenters. The minimum Gasteiger partial charge on any atom is -0.267 e. The number of rotatable bonds is 3. The van der Waals surface area contributed by atoms with Crippen LogP contribution < -0.4 is 0 Å². The highest BCUT2D eigenvalue weighted by molar-refractivity contribution is 9.12. The summed E-state index contributed by atoms with van der Waals surface area (Å²) in [5, 5.41) is 0. The van der Waals surface area contributed by atoms with Crippen molar-refractivity contribution in [3.05, 3.63) is 46.0 Å². The fraction of sp³-hybridized carbons (Fsp3) is 0.438. The quantitative estimate of drug-likeness (QED) is 0.812. The molecule has 1 heterocycles. The number of carbonyl (C=O) groups excluding carboxylic acids is 1. The topological polar surface area (TPSA) is 37.4 Å². The van der Waals surface area contributed by atoms with Gasteiger partial charge >= 0.3 is 0 Å².